The van der Waals surface area contributed by atoms with E-state index in [9.17, 15) is 14.4 Å². The van der Waals surface area contributed by atoms with E-state index in [-0.39, 0.29) is 25.5 Å². The zero-order valence-electron chi connectivity index (χ0n) is 15.6. The Morgan fingerprint density at radius 1 is 1.21 bits per heavy atom. The standard InChI is InChI=1S/C20H23N3O5/c1-2-14-5-7-16(8-6-14)28-13-18(24)21-22-20(26)15-10-19(25)23(11-15)12-17-4-3-9-27-17/h3-9,15H,2,10-13H2,1H3,(H,21,24)(H,22,26). The fraction of sp³-hybridized carbons (Fsp3) is 0.350. The van der Waals surface area contributed by atoms with Crippen LogP contribution in [0, 0.1) is 5.92 Å². The number of nitrogens with one attached hydrogen (secondary N) is 2. The van der Waals surface area contributed by atoms with Crippen LogP contribution in [0.1, 0.15) is 24.7 Å². The molecule has 1 saturated heterocycles. The monoisotopic (exact) mass is 385 g/mol. The third-order valence-corrected chi connectivity index (χ3v) is 4.54. The summed E-state index contributed by atoms with van der Waals surface area (Å²) in [5, 5.41) is 0. The first-order chi connectivity index (χ1) is 13.5. The number of hydrazine groups is 1. The highest BCUT2D eigenvalue weighted by molar-refractivity contribution is 5.90. The van der Waals surface area contributed by atoms with E-state index in [2.05, 4.69) is 17.8 Å². The summed E-state index contributed by atoms with van der Waals surface area (Å²) in [6.45, 7) is 2.44. The average Bonchev–Trinajstić information content (AvgIpc) is 3.35. The zero-order chi connectivity index (χ0) is 19.9. The molecule has 1 atom stereocenters. The Bertz CT molecular complexity index is 817. The van der Waals surface area contributed by atoms with Gasteiger partial charge in [-0.1, -0.05) is 19.1 Å². The fourth-order valence-corrected chi connectivity index (χ4v) is 2.93. The van der Waals surface area contributed by atoms with E-state index < -0.39 is 17.7 Å². The van der Waals surface area contributed by atoms with Crippen LogP contribution in [0.3, 0.4) is 0 Å². The Labute approximate surface area is 162 Å². The average molecular weight is 385 g/mol. The number of benzene rings is 1. The van der Waals surface area contributed by atoms with Gasteiger partial charge < -0.3 is 14.1 Å². The quantitative estimate of drug-likeness (QED) is 0.702. The summed E-state index contributed by atoms with van der Waals surface area (Å²) >= 11 is 0. The van der Waals surface area contributed by atoms with Crippen molar-refractivity contribution in [1.29, 1.82) is 0 Å². The maximum absolute atomic E-state index is 12.2. The molecule has 0 spiro atoms. The number of carbonyl (C=O) groups excluding carboxylic acids is 3. The molecule has 3 amide bonds. The van der Waals surface area contributed by atoms with Crippen molar-refractivity contribution < 1.29 is 23.5 Å². The number of nitrogens with zero attached hydrogens (tertiary/aromatic N) is 1. The van der Waals surface area contributed by atoms with Crippen molar-refractivity contribution in [1.82, 2.24) is 15.8 Å². The van der Waals surface area contributed by atoms with Gasteiger partial charge in [0.05, 0.1) is 18.7 Å². The molecule has 0 saturated carbocycles. The fourth-order valence-electron chi connectivity index (χ4n) is 2.93. The first-order valence-corrected chi connectivity index (χ1v) is 9.15. The molecule has 1 aromatic heterocycles. The number of rotatable bonds is 7. The molecular formula is C20H23N3O5. The third-order valence-electron chi connectivity index (χ3n) is 4.54. The molecule has 8 nitrogen and oxygen atoms in total. The summed E-state index contributed by atoms with van der Waals surface area (Å²) in [5.41, 5.74) is 5.85. The number of ether oxygens (including phenoxy) is 1. The number of amides is 3. The van der Waals surface area contributed by atoms with Gasteiger partial charge in [0.2, 0.25) is 11.8 Å². The molecule has 8 heteroatoms. The van der Waals surface area contributed by atoms with Crippen LogP contribution in [0.4, 0.5) is 0 Å². The van der Waals surface area contributed by atoms with Crippen LogP contribution in [0.5, 0.6) is 5.75 Å². The summed E-state index contributed by atoms with van der Waals surface area (Å²) in [6, 6.07) is 11.0. The lowest BCUT2D eigenvalue weighted by molar-refractivity contribution is -0.132. The van der Waals surface area contributed by atoms with Gasteiger partial charge in [0, 0.05) is 13.0 Å². The van der Waals surface area contributed by atoms with Crippen molar-refractivity contribution >= 4 is 17.7 Å². The topological polar surface area (TPSA) is 101 Å². The van der Waals surface area contributed by atoms with Crippen LogP contribution in [-0.2, 0) is 27.3 Å². The largest absolute Gasteiger partial charge is 0.484 e. The molecule has 2 aromatic rings. The molecular weight excluding hydrogens is 362 g/mol. The van der Waals surface area contributed by atoms with Crippen molar-refractivity contribution in [2.24, 2.45) is 5.92 Å². The first-order valence-electron chi connectivity index (χ1n) is 9.15. The normalized spacial score (nSPS) is 16.1. The summed E-state index contributed by atoms with van der Waals surface area (Å²) in [7, 11) is 0. The van der Waals surface area contributed by atoms with Gasteiger partial charge in [-0.2, -0.15) is 0 Å². The smallest absolute Gasteiger partial charge is 0.276 e. The molecule has 0 radical (unpaired) electrons. The Balaban J connectivity index is 1.39. The molecule has 2 N–H and O–H groups in total. The van der Waals surface area contributed by atoms with Crippen molar-refractivity contribution in [3.8, 4) is 5.75 Å². The minimum Gasteiger partial charge on any atom is -0.484 e. The molecule has 1 unspecified atom stereocenters. The highest BCUT2D eigenvalue weighted by Crippen LogP contribution is 2.20. The molecule has 0 aliphatic carbocycles. The van der Waals surface area contributed by atoms with Crippen LogP contribution in [0.15, 0.2) is 47.1 Å². The van der Waals surface area contributed by atoms with E-state index in [1.54, 1.807) is 29.2 Å². The van der Waals surface area contributed by atoms with Gasteiger partial charge >= 0.3 is 0 Å². The Hall–Kier alpha value is -3.29. The minimum atomic E-state index is -0.523. The maximum Gasteiger partial charge on any atom is 0.276 e. The van der Waals surface area contributed by atoms with Crippen LogP contribution in [0.25, 0.3) is 0 Å². The lowest BCUT2D eigenvalue weighted by Crippen LogP contribution is -2.46. The SMILES string of the molecule is CCc1ccc(OCC(=O)NNC(=O)C2CC(=O)N(Cc3ccco3)C2)cc1. The van der Waals surface area contributed by atoms with Crippen molar-refractivity contribution in [2.45, 2.75) is 26.3 Å². The molecule has 1 aromatic carbocycles. The van der Waals surface area contributed by atoms with Crippen molar-refractivity contribution in [3.05, 3.63) is 54.0 Å². The lowest BCUT2D eigenvalue weighted by atomic mass is 10.1. The maximum atomic E-state index is 12.2. The van der Waals surface area contributed by atoms with Gasteiger partial charge in [0.25, 0.3) is 5.91 Å². The highest BCUT2D eigenvalue weighted by Gasteiger charge is 2.34. The van der Waals surface area contributed by atoms with Crippen molar-refractivity contribution in [2.75, 3.05) is 13.2 Å². The van der Waals surface area contributed by atoms with Crippen LogP contribution >= 0.6 is 0 Å². The van der Waals surface area contributed by atoms with E-state index in [0.717, 1.165) is 6.42 Å². The van der Waals surface area contributed by atoms with Gasteiger partial charge in [-0.05, 0) is 36.2 Å². The number of carbonyl (C=O) groups is 3. The molecule has 2 heterocycles. The Kier molecular flexibility index (Phi) is 6.31. The van der Waals surface area contributed by atoms with Gasteiger partial charge in [-0.25, -0.2) is 0 Å². The van der Waals surface area contributed by atoms with Gasteiger partial charge in [0.1, 0.15) is 11.5 Å². The summed E-state index contributed by atoms with van der Waals surface area (Å²) in [4.78, 5) is 37.7. The van der Waals surface area contributed by atoms with Gasteiger partial charge in [-0.3, -0.25) is 25.2 Å². The molecule has 28 heavy (non-hydrogen) atoms. The predicted molar refractivity (Wildman–Crippen MR) is 99.8 cm³/mol. The number of hydrogen-bond acceptors (Lipinski definition) is 5. The number of furan rings is 1. The molecule has 1 aliphatic heterocycles. The van der Waals surface area contributed by atoms with E-state index in [0.29, 0.717) is 18.1 Å². The molecule has 1 fully saturated rings. The van der Waals surface area contributed by atoms with E-state index >= 15 is 0 Å². The number of aryl methyl sites for hydroxylation is 1. The van der Waals surface area contributed by atoms with Crippen LogP contribution in [0.2, 0.25) is 0 Å². The Morgan fingerprint density at radius 3 is 2.68 bits per heavy atom. The lowest BCUT2D eigenvalue weighted by Gasteiger charge is -2.15. The molecule has 1 aliphatic rings. The summed E-state index contributed by atoms with van der Waals surface area (Å²) < 4.78 is 10.6. The summed E-state index contributed by atoms with van der Waals surface area (Å²) in [5.74, 6) is -0.298. The van der Waals surface area contributed by atoms with E-state index in [1.807, 2.05) is 12.1 Å². The third kappa shape index (κ3) is 5.12. The van der Waals surface area contributed by atoms with Crippen molar-refractivity contribution in [3.63, 3.8) is 0 Å². The predicted octanol–water partition coefficient (Wildman–Crippen LogP) is 1.42. The van der Waals surface area contributed by atoms with Gasteiger partial charge in [-0.15, -0.1) is 0 Å². The van der Waals surface area contributed by atoms with Crippen LogP contribution in [-0.4, -0.2) is 35.8 Å². The second kappa shape index (κ2) is 9.07. The molecule has 148 valence electrons. The Morgan fingerprint density at radius 2 is 2.00 bits per heavy atom. The minimum absolute atomic E-state index is 0.0999. The second-order valence-corrected chi connectivity index (χ2v) is 6.58. The highest BCUT2D eigenvalue weighted by atomic mass is 16.5. The van der Waals surface area contributed by atoms with Crippen LogP contribution < -0.4 is 15.6 Å². The second-order valence-electron chi connectivity index (χ2n) is 6.58. The van der Waals surface area contributed by atoms with E-state index in [1.165, 1.54) is 11.8 Å². The number of hydrogen-bond donors (Lipinski definition) is 2. The molecule has 3 rings (SSSR count). The van der Waals surface area contributed by atoms with E-state index in [4.69, 9.17) is 9.15 Å². The number of likely N-dealkylation sites (tertiary alicyclic amines) is 1. The van der Waals surface area contributed by atoms with Gasteiger partial charge in [0.15, 0.2) is 6.61 Å². The zero-order valence-corrected chi connectivity index (χ0v) is 15.6. The summed E-state index contributed by atoms with van der Waals surface area (Å²) in [6.07, 6.45) is 2.56. The first kappa shape index (κ1) is 19.5. The molecule has 0 bridgehead atoms.